The Morgan fingerprint density at radius 2 is 0.741 bits per heavy atom. The number of hydrogen-bond acceptors (Lipinski definition) is 25. The number of hydrogen-bond donors (Lipinski definition) is 7. The van der Waals surface area contributed by atoms with Crippen LogP contribution in [0.4, 0.5) is 46.8 Å². The van der Waals surface area contributed by atoms with Gasteiger partial charge < -0.3 is 94.3 Å². The highest BCUT2D eigenvalue weighted by Gasteiger charge is 2.62. The standard InChI is InChI=1S/C16H20F2N2O3.C16H17N5O.C15H18F2N2O3.C14H16F2N2O3.C13H14F2N2O2.C13H13N3O2.C13H16N2O3/c1-3-15(4-2)12-11(16(8-22-9-16)20-13(15)21)6-5-10(19-12)7-23-14(17)18;1-15(2)11-6-7-12(17-4)19-13(11)16(3,14(22)20-15)10-21-9-5-8-18-21;1-3-14(6-10(16)17)12-9(4-5-11(18-12)21-2)15(7-22-8-15)19-13(14)20;1-3-13(2)10-8(4-5-9(17-10)21-12(15)16)14(6-20-7-14)18-11(13)19;1-12(2)9-7(3-4-8(16-9)10(14)15)13(5-19-6-13)17-11(12)18;1-12(2)10-8(4-5-9(14-3)15-10)13(6-18-7-13)16-11(12)17;1-12(2)10-8(4-5-9(14-10)17-3)13(6-18-7-13)15-11(12)16/h5-6,14H,3-4,7-9H2,1-2H3,(H,20,21);5-9H,10H2,1-3H3,(H,20,22);4-5,10H,3,6-8H2,1-2H3,(H,19,20);4-5,12H,3,6-7H2,1-2H3,(H,18,19);3-4,10H,5-6H2,1-2H3,(H,17,18);4-5H,6-7H2,1-2H3,(H,16,17);4-5H,6-7H2,1-3H3,(H,15,16). The smallest absolute Gasteiger partial charge is 0.388 e. The number of aromatic nitrogens is 9. The first-order chi connectivity index (χ1) is 67.6. The van der Waals surface area contributed by atoms with Crippen LogP contribution in [0.25, 0.3) is 9.69 Å². The van der Waals surface area contributed by atoms with Gasteiger partial charge in [-0.25, -0.2) is 32.5 Å². The zero-order valence-corrected chi connectivity index (χ0v) is 81.9. The van der Waals surface area contributed by atoms with Crippen molar-refractivity contribution >= 4 is 53.0 Å². The molecule has 762 valence electrons. The number of fused-ring (bicyclic) bond motifs is 13. The molecule has 6 saturated heterocycles. The Morgan fingerprint density at radius 3 is 1.14 bits per heavy atom. The molecule has 0 saturated carbocycles. The van der Waals surface area contributed by atoms with E-state index in [4.69, 9.17) is 51.0 Å². The lowest BCUT2D eigenvalue weighted by atomic mass is 9.68. The summed E-state index contributed by atoms with van der Waals surface area (Å²) in [6.07, 6.45) is -0.371. The number of methoxy groups -OCH3 is 2. The van der Waals surface area contributed by atoms with Crippen molar-refractivity contribution in [3.8, 4) is 17.6 Å². The summed E-state index contributed by atoms with van der Waals surface area (Å²) in [5, 5.41) is 25.3. The third-order valence-electron chi connectivity index (χ3n) is 29.5. The van der Waals surface area contributed by atoms with Crippen molar-refractivity contribution in [2.75, 3.05) is 93.5 Å². The molecule has 7 N–H and O–H groups in total. The van der Waals surface area contributed by atoms with Gasteiger partial charge in [0.2, 0.25) is 65.4 Å². The van der Waals surface area contributed by atoms with Gasteiger partial charge in [0.25, 0.3) is 18.1 Å². The Hall–Kier alpha value is -12.9. The number of alkyl halides is 8. The van der Waals surface area contributed by atoms with Crippen molar-refractivity contribution in [2.45, 2.75) is 245 Å². The Bertz CT molecular complexity index is 6350. The molecule has 143 heavy (non-hydrogen) atoms. The van der Waals surface area contributed by atoms with Crippen LogP contribution in [0.15, 0.2) is 103 Å². The summed E-state index contributed by atoms with van der Waals surface area (Å²) in [6.45, 7) is 39.1. The number of pyridine rings is 7. The van der Waals surface area contributed by atoms with E-state index in [1.165, 1.54) is 19.2 Å². The fourth-order valence-electron chi connectivity index (χ4n) is 19.9. The van der Waals surface area contributed by atoms with Crippen LogP contribution in [0, 0.1) is 13.1 Å². The van der Waals surface area contributed by atoms with Crippen LogP contribution in [0.5, 0.6) is 17.6 Å². The molecule has 0 aliphatic carbocycles. The molecule has 21 heterocycles. The third-order valence-corrected chi connectivity index (χ3v) is 29.5. The lowest BCUT2D eigenvalue weighted by molar-refractivity contribution is -0.145. The number of carbonyl (C=O) groups excluding carboxylic acids is 7. The minimum absolute atomic E-state index is 0.0148. The van der Waals surface area contributed by atoms with Gasteiger partial charge in [0.15, 0.2) is 11.4 Å². The van der Waals surface area contributed by atoms with Gasteiger partial charge in [0.1, 0.15) is 49.8 Å². The Morgan fingerprint density at radius 1 is 0.385 bits per heavy atom. The van der Waals surface area contributed by atoms with Crippen molar-refractivity contribution in [3.63, 3.8) is 0 Å². The van der Waals surface area contributed by atoms with Gasteiger partial charge in [-0.15, -0.1) is 9.97 Å². The molecule has 8 aromatic heterocycles. The molecule has 0 bridgehead atoms. The van der Waals surface area contributed by atoms with Crippen LogP contribution >= 0.6 is 0 Å². The summed E-state index contributed by atoms with van der Waals surface area (Å²) >= 11 is 0. The molecule has 13 aliphatic rings. The molecule has 6 fully saturated rings. The third kappa shape index (κ3) is 18.3. The monoisotopic (exact) mass is 1990 g/mol. The fourth-order valence-corrected chi connectivity index (χ4v) is 19.9. The second-order valence-corrected chi connectivity index (χ2v) is 40.2. The summed E-state index contributed by atoms with van der Waals surface area (Å²) in [7, 11) is 3.04. The molecule has 8 aromatic rings. The molecular weight excluding hydrogens is 1880 g/mol. The van der Waals surface area contributed by atoms with Crippen molar-refractivity contribution in [1.29, 1.82) is 0 Å². The van der Waals surface area contributed by atoms with Gasteiger partial charge in [-0.2, -0.15) is 22.7 Å². The van der Waals surface area contributed by atoms with Crippen LogP contribution in [0.2, 0.25) is 0 Å². The topological polar surface area (TPSA) is 413 Å². The molecule has 3 atom stereocenters. The average molecular weight is 1990 g/mol. The van der Waals surface area contributed by atoms with Crippen LogP contribution < -0.4 is 51.4 Å². The zero-order chi connectivity index (χ0) is 104. The number of halogens is 8. The SMILES string of the molecule is CC1(C)C(=O)NC2(COC2)c2ccc(C(F)F)nc21.CCC1(C)C(=O)NC2(COC2)c2ccc(OC(F)F)nc21.CCC1(CC(F)F)C(=O)NC2(COC2)c2ccc(OC)nc21.CCC1(CC)C(=O)NC2(COC2)c2ccc(COC(F)F)nc21.COc1ccc2c(n1)C(C)(C)C(=O)NC21COC1.[C-]#[N+]c1ccc2c(n1)C(C)(C)C(=O)NC21COC1.[C-]#[N+]c1ccc2c(n1)C(C)(Cn1cccn1)C(=O)NC2(C)C. The quantitative estimate of drug-likeness (QED) is 0.0349. The molecule has 0 aromatic carbocycles. The normalized spacial score (nSPS) is 23.4. The predicted octanol–water partition coefficient (Wildman–Crippen LogP) is 11.5. The summed E-state index contributed by atoms with van der Waals surface area (Å²) in [5.74, 6) is 0.274. The van der Waals surface area contributed by atoms with Gasteiger partial charge in [-0.1, -0.05) is 65.1 Å². The van der Waals surface area contributed by atoms with E-state index in [1.54, 1.807) is 88.1 Å². The highest BCUT2D eigenvalue weighted by molar-refractivity contribution is 5.95. The number of carbonyl (C=O) groups is 7. The van der Waals surface area contributed by atoms with E-state index in [0.29, 0.717) is 168 Å². The molecular formula is C100H114F8N18O17. The first-order valence-corrected chi connectivity index (χ1v) is 46.7. The van der Waals surface area contributed by atoms with Crippen LogP contribution in [0.1, 0.15) is 226 Å². The van der Waals surface area contributed by atoms with Crippen LogP contribution in [-0.4, -0.2) is 199 Å². The molecule has 21 rings (SSSR count). The predicted molar refractivity (Wildman–Crippen MR) is 494 cm³/mol. The fraction of sp³-hybridized carbons (Fsp3) is 0.530. The second-order valence-electron chi connectivity index (χ2n) is 40.2. The summed E-state index contributed by atoms with van der Waals surface area (Å²) in [5.41, 5.74) is 0.711. The maximum absolute atomic E-state index is 13.1. The van der Waals surface area contributed by atoms with E-state index < -0.39 is 110 Å². The number of amides is 7. The first kappa shape index (κ1) is 104. The molecule has 6 spiro atoms. The van der Waals surface area contributed by atoms with E-state index in [2.05, 4.69) is 96.4 Å². The van der Waals surface area contributed by atoms with E-state index in [9.17, 15) is 68.7 Å². The number of ether oxygens (including phenoxy) is 10. The second kappa shape index (κ2) is 39.0. The van der Waals surface area contributed by atoms with Crippen molar-refractivity contribution in [2.24, 2.45) is 0 Å². The number of nitrogens with one attached hydrogen (secondary N) is 7. The van der Waals surface area contributed by atoms with Gasteiger partial charge in [0, 0.05) is 76.0 Å². The van der Waals surface area contributed by atoms with E-state index in [1.807, 2.05) is 112 Å². The maximum atomic E-state index is 13.1. The van der Waals surface area contributed by atoms with E-state index in [0.717, 1.165) is 44.6 Å². The minimum atomic E-state index is -2.94. The van der Waals surface area contributed by atoms with Gasteiger partial charge >= 0.3 is 13.2 Å². The molecule has 3 unspecified atom stereocenters. The maximum Gasteiger partial charge on any atom is 0.388 e. The Balaban J connectivity index is 0.000000126. The van der Waals surface area contributed by atoms with Gasteiger partial charge in [-0.05, 0) is 143 Å². The lowest BCUT2D eigenvalue weighted by Gasteiger charge is -2.50. The van der Waals surface area contributed by atoms with Crippen molar-refractivity contribution in [1.82, 2.24) is 81.9 Å². The van der Waals surface area contributed by atoms with Crippen LogP contribution in [-0.2, 0) is 157 Å². The summed E-state index contributed by atoms with van der Waals surface area (Å²) in [6, 6.07) is 25.8. The van der Waals surface area contributed by atoms with Crippen LogP contribution in [0.3, 0.4) is 0 Å². The molecule has 35 nitrogen and oxygen atoms in total. The highest BCUT2D eigenvalue weighted by Crippen LogP contribution is 2.52. The Kier molecular flexibility index (Phi) is 28.5. The molecule has 43 heteroatoms. The van der Waals surface area contributed by atoms with Crippen molar-refractivity contribution in [3.05, 3.63) is 216 Å². The first-order valence-electron chi connectivity index (χ1n) is 46.7. The number of rotatable bonds is 16. The summed E-state index contributed by atoms with van der Waals surface area (Å²) < 4.78 is 153. The Labute approximate surface area is 819 Å². The molecule has 7 amide bonds. The molecule has 0 radical (unpaired) electrons. The zero-order valence-electron chi connectivity index (χ0n) is 81.9. The van der Waals surface area contributed by atoms with E-state index >= 15 is 0 Å². The molecule has 13 aliphatic heterocycles. The van der Waals surface area contributed by atoms with Gasteiger partial charge in [0.05, 0.1) is 173 Å². The van der Waals surface area contributed by atoms with E-state index in [-0.39, 0.29) is 65.6 Å². The van der Waals surface area contributed by atoms with Gasteiger partial charge in [-0.3, -0.25) is 48.2 Å². The largest absolute Gasteiger partial charge is 0.481 e. The lowest BCUT2D eigenvalue weighted by Crippen LogP contribution is -2.67. The van der Waals surface area contributed by atoms with Crippen molar-refractivity contribution < 1.29 is 116 Å². The minimum Gasteiger partial charge on any atom is -0.481 e. The highest BCUT2D eigenvalue weighted by atomic mass is 19.3. The average Bonchev–Trinajstić information content (AvgIpc) is 0.763. The summed E-state index contributed by atoms with van der Waals surface area (Å²) in [4.78, 5) is 124. The number of nitrogens with zero attached hydrogens (tertiary/aromatic N) is 11.